The average molecular weight is 269 g/mol. The summed E-state index contributed by atoms with van der Waals surface area (Å²) in [4.78, 5) is 8.57. The molecule has 0 fully saturated rings. The molecule has 0 bridgehead atoms. The smallest absolute Gasteiger partial charge is 0.162 e. The van der Waals surface area contributed by atoms with Gasteiger partial charge in [-0.05, 0) is 12.1 Å². The van der Waals surface area contributed by atoms with E-state index in [1.165, 1.54) is 12.1 Å². The van der Waals surface area contributed by atoms with E-state index in [1.54, 1.807) is 29.1 Å². The third-order valence-corrected chi connectivity index (χ3v) is 2.83. The van der Waals surface area contributed by atoms with Gasteiger partial charge in [0.2, 0.25) is 0 Å². The Labute approximate surface area is 114 Å². The molecule has 0 aliphatic rings. The molecule has 2 heterocycles. The molecule has 2 aromatic heterocycles. The lowest BCUT2D eigenvalue weighted by Crippen LogP contribution is -1.98. The van der Waals surface area contributed by atoms with Crippen LogP contribution in [0.3, 0.4) is 0 Å². The lowest BCUT2D eigenvalue weighted by atomic mass is 10.2. The number of aromatic nitrogens is 4. The summed E-state index contributed by atoms with van der Waals surface area (Å²) in [5.74, 6) is 0.387. The van der Waals surface area contributed by atoms with E-state index >= 15 is 0 Å². The molecule has 0 radical (unpaired) electrons. The van der Waals surface area contributed by atoms with Crippen molar-refractivity contribution in [1.82, 2.24) is 19.7 Å². The Morgan fingerprint density at radius 3 is 2.70 bits per heavy atom. The molecular weight excluding hydrogens is 257 g/mol. The minimum Gasteiger partial charge on any atom is -0.384 e. The topological polar surface area (TPSA) is 69.6 Å². The van der Waals surface area contributed by atoms with Crippen molar-refractivity contribution in [1.29, 1.82) is 0 Å². The largest absolute Gasteiger partial charge is 0.384 e. The number of benzene rings is 1. The van der Waals surface area contributed by atoms with E-state index in [0.29, 0.717) is 22.9 Å². The van der Waals surface area contributed by atoms with Gasteiger partial charge >= 0.3 is 0 Å². The fraction of sp³-hybridized carbons (Fsp3) is 0.0714. The van der Waals surface area contributed by atoms with Crippen LogP contribution in [0.25, 0.3) is 22.6 Å². The standard InChI is InChI=1S/C14H12FN5/c1-20-8-10(7-17-20)12-6-13(16)19-14(18-12)9-3-2-4-11(15)5-9/h2-8H,1H3,(H2,16,18,19). The molecule has 20 heavy (non-hydrogen) atoms. The van der Waals surface area contributed by atoms with Crippen molar-refractivity contribution in [3.8, 4) is 22.6 Å². The number of rotatable bonds is 2. The van der Waals surface area contributed by atoms with E-state index in [4.69, 9.17) is 5.73 Å². The first-order valence-corrected chi connectivity index (χ1v) is 6.01. The molecule has 0 unspecified atom stereocenters. The average Bonchev–Trinajstić information content (AvgIpc) is 2.85. The van der Waals surface area contributed by atoms with Crippen LogP contribution in [0.2, 0.25) is 0 Å². The van der Waals surface area contributed by atoms with E-state index in [-0.39, 0.29) is 5.82 Å². The third-order valence-electron chi connectivity index (χ3n) is 2.83. The van der Waals surface area contributed by atoms with Crippen LogP contribution in [0.4, 0.5) is 10.2 Å². The second kappa shape index (κ2) is 4.73. The summed E-state index contributed by atoms with van der Waals surface area (Å²) < 4.78 is 15.0. The van der Waals surface area contributed by atoms with Crippen molar-refractivity contribution in [3.63, 3.8) is 0 Å². The van der Waals surface area contributed by atoms with Crippen LogP contribution in [0.15, 0.2) is 42.7 Å². The molecule has 2 N–H and O–H groups in total. The van der Waals surface area contributed by atoms with Gasteiger partial charge < -0.3 is 5.73 Å². The van der Waals surface area contributed by atoms with Crippen LogP contribution < -0.4 is 5.73 Å². The molecular formula is C14H12FN5. The summed E-state index contributed by atoms with van der Waals surface area (Å²) in [5, 5.41) is 4.09. The Morgan fingerprint density at radius 2 is 2.00 bits per heavy atom. The maximum absolute atomic E-state index is 13.3. The predicted octanol–water partition coefficient (Wildman–Crippen LogP) is 2.27. The molecule has 6 heteroatoms. The van der Waals surface area contributed by atoms with Gasteiger partial charge in [-0.1, -0.05) is 12.1 Å². The van der Waals surface area contributed by atoms with Gasteiger partial charge in [0.15, 0.2) is 5.82 Å². The van der Waals surface area contributed by atoms with Crippen LogP contribution in [0, 0.1) is 5.82 Å². The quantitative estimate of drug-likeness (QED) is 0.774. The zero-order valence-electron chi connectivity index (χ0n) is 10.8. The molecule has 3 rings (SSSR count). The predicted molar refractivity (Wildman–Crippen MR) is 74.0 cm³/mol. The number of halogens is 1. The van der Waals surface area contributed by atoms with E-state index in [0.717, 1.165) is 5.56 Å². The van der Waals surface area contributed by atoms with E-state index in [2.05, 4.69) is 15.1 Å². The van der Waals surface area contributed by atoms with Crippen molar-refractivity contribution in [2.45, 2.75) is 0 Å². The summed E-state index contributed by atoms with van der Waals surface area (Å²) in [6, 6.07) is 7.77. The van der Waals surface area contributed by atoms with Crippen molar-refractivity contribution < 1.29 is 4.39 Å². The van der Waals surface area contributed by atoms with E-state index in [1.807, 2.05) is 13.2 Å². The molecule has 0 saturated heterocycles. The number of hydrogen-bond donors (Lipinski definition) is 1. The first-order valence-electron chi connectivity index (χ1n) is 6.01. The van der Waals surface area contributed by atoms with Crippen molar-refractivity contribution >= 4 is 5.82 Å². The highest BCUT2D eigenvalue weighted by Crippen LogP contribution is 2.23. The molecule has 1 aromatic carbocycles. The Hall–Kier alpha value is -2.76. The van der Waals surface area contributed by atoms with Gasteiger partial charge in [0.25, 0.3) is 0 Å². The number of aryl methyl sites for hydroxylation is 1. The van der Waals surface area contributed by atoms with Gasteiger partial charge in [0, 0.05) is 30.4 Å². The molecule has 0 spiro atoms. The maximum Gasteiger partial charge on any atom is 0.162 e. The first kappa shape index (κ1) is 12.3. The molecule has 0 saturated carbocycles. The Kier molecular flexibility index (Phi) is 2.90. The van der Waals surface area contributed by atoms with Gasteiger partial charge in [-0.3, -0.25) is 4.68 Å². The van der Waals surface area contributed by atoms with Gasteiger partial charge in [-0.25, -0.2) is 14.4 Å². The van der Waals surface area contributed by atoms with E-state index < -0.39 is 0 Å². The first-order chi connectivity index (χ1) is 9.61. The Morgan fingerprint density at radius 1 is 1.15 bits per heavy atom. The number of nitrogen functional groups attached to an aromatic ring is 1. The fourth-order valence-corrected chi connectivity index (χ4v) is 1.92. The highest BCUT2D eigenvalue weighted by Gasteiger charge is 2.09. The van der Waals surface area contributed by atoms with Gasteiger partial charge in [0.05, 0.1) is 11.9 Å². The van der Waals surface area contributed by atoms with Crippen molar-refractivity contribution in [2.24, 2.45) is 7.05 Å². The number of anilines is 1. The molecule has 100 valence electrons. The van der Waals surface area contributed by atoms with Crippen LogP contribution in [0.5, 0.6) is 0 Å². The lowest BCUT2D eigenvalue weighted by molar-refractivity contribution is 0.628. The maximum atomic E-state index is 13.3. The summed E-state index contributed by atoms with van der Waals surface area (Å²) >= 11 is 0. The van der Waals surface area contributed by atoms with E-state index in [9.17, 15) is 4.39 Å². The molecule has 3 aromatic rings. The van der Waals surface area contributed by atoms with Crippen molar-refractivity contribution in [3.05, 3.63) is 48.5 Å². The minimum atomic E-state index is -0.337. The number of nitrogens with zero attached hydrogens (tertiary/aromatic N) is 4. The number of nitrogens with two attached hydrogens (primary N) is 1. The van der Waals surface area contributed by atoms with Crippen LogP contribution in [-0.2, 0) is 7.05 Å². The lowest BCUT2D eigenvalue weighted by Gasteiger charge is -2.04. The molecule has 0 atom stereocenters. The summed E-state index contributed by atoms with van der Waals surface area (Å²) in [7, 11) is 1.82. The SMILES string of the molecule is Cn1cc(-c2cc(N)nc(-c3cccc(F)c3)n2)cn1. The Bertz CT molecular complexity index is 766. The van der Waals surface area contributed by atoms with Gasteiger partial charge in [-0.15, -0.1) is 0 Å². The summed E-state index contributed by atoms with van der Waals surface area (Å²) in [5.41, 5.74) is 7.88. The normalized spacial score (nSPS) is 10.7. The van der Waals surface area contributed by atoms with Crippen molar-refractivity contribution in [2.75, 3.05) is 5.73 Å². The highest BCUT2D eigenvalue weighted by atomic mass is 19.1. The van der Waals surface area contributed by atoms with Crippen LogP contribution in [-0.4, -0.2) is 19.7 Å². The summed E-state index contributed by atoms with van der Waals surface area (Å²) in [6.45, 7) is 0. The second-order valence-corrected chi connectivity index (χ2v) is 4.41. The molecule has 5 nitrogen and oxygen atoms in total. The summed E-state index contributed by atoms with van der Waals surface area (Å²) in [6.07, 6.45) is 3.52. The minimum absolute atomic E-state index is 0.332. The fourth-order valence-electron chi connectivity index (χ4n) is 1.92. The monoisotopic (exact) mass is 269 g/mol. The van der Waals surface area contributed by atoms with Gasteiger partial charge in [-0.2, -0.15) is 5.10 Å². The van der Waals surface area contributed by atoms with Crippen LogP contribution >= 0.6 is 0 Å². The molecule has 0 aliphatic carbocycles. The third kappa shape index (κ3) is 2.35. The molecule has 0 aliphatic heterocycles. The zero-order chi connectivity index (χ0) is 14.1. The molecule has 0 amide bonds. The highest BCUT2D eigenvalue weighted by molar-refractivity contribution is 5.65. The van der Waals surface area contributed by atoms with Gasteiger partial charge in [0.1, 0.15) is 11.6 Å². The van der Waals surface area contributed by atoms with Crippen LogP contribution in [0.1, 0.15) is 0 Å². The number of hydrogen-bond acceptors (Lipinski definition) is 4. The Balaban J connectivity index is 2.11. The second-order valence-electron chi connectivity index (χ2n) is 4.41. The zero-order valence-corrected chi connectivity index (χ0v) is 10.8.